The first-order chi connectivity index (χ1) is 10.3. The Morgan fingerprint density at radius 1 is 1.29 bits per heavy atom. The van der Waals surface area contributed by atoms with Gasteiger partial charge in [0.1, 0.15) is 5.82 Å². The third-order valence-electron chi connectivity index (χ3n) is 4.18. The van der Waals surface area contributed by atoms with E-state index < -0.39 is 0 Å². The van der Waals surface area contributed by atoms with Crippen LogP contribution in [0.2, 0.25) is 0 Å². The number of rotatable bonds is 6. The lowest BCUT2D eigenvalue weighted by Crippen LogP contribution is -2.29. The molecule has 112 valence electrons. The number of nitrogens with zero attached hydrogens (tertiary/aromatic N) is 3. The third-order valence-corrected chi connectivity index (χ3v) is 4.18. The summed E-state index contributed by atoms with van der Waals surface area (Å²) in [5, 5.41) is 0. The van der Waals surface area contributed by atoms with Crippen molar-refractivity contribution in [3.05, 3.63) is 53.9 Å². The average molecular weight is 288 g/mol. The molecule has 1 aliphatic heterocycles. The van der Waals surface area contributed by atoms with Crippen LogP contribution < -0.4 is 5.73 Å². The van der Waals surface area contributed by atoms with Crippen LogP contribution in [0.4, 0.5) is 4.39 Å². The van der Waals surface area contributed by atoms with Crippen molar-refractivity contribution in [2.24, 2.45) is 5.73 Å². The number of hydrogen-bond donors (Lipinski definition) is 1. The predicted octanol–water partition coefficient (Wildman–Crippen LogP) is 2.32. The smallest absolute Gasteiger partial charge is 0.123 e. The van der Waals surface area contributed by atoms with Crippen LogP contribution in [0.1, 0.15) is 30.0 Å². The first-order valence-corrected chi connectivity index (χ1v) is 7.46. The highest BCUT2D eigenvalue weighted by atomic mass is 19.1. The Balaban J connectivity index is 1.54. The first kappa shape index (κ1) is 14.2. The molecule has 0 amide bonds. The molecule has 0 saturated carbocycles. The van der Waals surface area contributed by atoms with E-state index in [4.69, 9.17) is 5.73 Å². The van der Waals surface area contributed by atoms with Crippen LogP contribution in [0.25, 0.3) is 0 Å². The zero-order valence-electron chi connectivity index (χ0n) is 12.1. The highest BCUT2D eigenvalue weighted by Gasteiger charge is 2.28. The van der Waals surface area contributed by atoms with Crippen LogP contribution >= 0.6 is 0 Å². The molecular weight excluding hydrogens is 267 g/mol. The lowest BCUT2D eigenvalue weighted by Gasteiger charge is -2.23. The summed E-state index contributed by atoms with van der Waals surface area (Å²) >= 11 is 0. The van der Waals surface area contributed by atoms with Crippen molar-refractivity contribution in [2.75, 3.05) is 13.1 Å². The van der Waals surface area contributed by atoms with Crippen LogP contribution in [0.15, 0.2) is 36.9 Å². The predicted molar refractivity (Wildman–Crippen MR) is 80.1 cm³/mol. The van der Waals surface area contributed by atoms with Gasteiger partial charge in [-0.3, -0.25) is 4.90 Å². The topological polar surface area (TPSA) is 47.1 Å². The Hall–Kier alpha value is -1.72. The third kappa shape index (κ3) is 3.14. The van der Waals surface area contributed by atoms with Crippen molar-refractivity contribution in [3.63, 3.8) is 0 Å². The number of fused-ring (bicyclic) bond motifs is 1. The van der Waals surface area contributed by atoms with Gasteiger partial charge in [-0.25, -0.2) is 9.37 Å². The SMILES string of the molecule is NCC1c2cc(F)ccc2CN1CCCCn1ccnc1. The number of aryl methyl sites for hydroxylation is 1. The van der Waals surface area contributed by atoms with Gasteiger partial charge in [-0.15, -0.1) is 0 Å². The number of aromatic nitrogens is 2. The summed E-state index contributed by atoms with van der Waals surface area (Å²) in [5.41, 5.74) is 8.17. The Labute approximate surface area is 124 Å². The van der Waals surface area contributed by atoms with Gasteiger partial charge in [-0.1, -0.05) is 6.07 Å². The summed E-state index contributed by atoms with van der Waals surface area (Å²) in [7, 11) is 0. The lowest BCUT2D eigenvalue weighted by atomic mass is 10.0. The van der Waals surface area contributed by atoms with E-state index in [0.717, 1.165) is 38.0 Å². The fourth-order valence-corrected chi connectivity index (χ4v) is 3.08. The van der Waals surface area contributed by atoms with Gasteiger partial charge in [0.05, 0.1) is 6.33 Å². The second-order valence-corrected chi connectivity index (χ2v) is 5.57. The molecule has 0 spiro atoms. The maximum Gasteiger partial charge on any atom is 0.123 e. The van der Waals surface area contributed by atoms with E-state index in [-0.39, 0.29) is 11.9 Å². The van der Waals surface area contributed by atoms with Gasteiger partial charge >= 0.3 is 0 Å². The lowest BCUT2D eigenvalue weighted by molar-refractivity contribution is 0.214. The van der Waals surface area contributed by atoms with E-state index in [0.29, 0.717) is 6.54 Å². The van der Waals surface area contributed by atoms with Gasteiger partial charge in [-0.05, 0) is 42.6 Å². The van der Waals surface area contributed by atoms with Crippen molar-refractivity contribution in [2.45, 2.75) is 32.0 Å². The first-order valence-electron chi connectivity index (χ1n) is 7.46. The van der Waals surface area contributed by atoms with E-state index >= 15 is 0 Å². The molecule has 21 heavy (non-hydrogen) atoms. The standard InChI is InChI=1S/C16H21FN4/c17-14-4-3-13-11-21(16(10-18)15(13)9-14)7-2-1-6-20-8-5-19-12-20/h3-5,8-9,12,16H,1-2,6-7,10-11,18H2. The van der Waals surface area contributed by atoms with Crippen LogP contribution in [0, 0.1) is 5.82 Å². The van der Waals surface area contributed by atoms with E-state index in [1.807, 2.05) is 18.6 Å². The minimum atomic E-state index is -0.172. The normalized spacial score (nSPS) is 18.1. The maximum atomic E-state index is 13.4. The molecule has 1 aromatic heterocycles. The number of hydrogen-bond acceptors (Lipinski definition) is 3. The van der Waals surface area contributed by atoms with Gasteiger partial charge in [0.25, 0.3) is 0 Å². The Morgan fingerprint density at radius 2 is 2.14 bits per heavy atom. The Kier molecular flexibility index (Phi) is 4.31. The summed E-state index contributed by atoms with van der Waals surface area (Å²) in [6.07, 6.45) is 7.84. The van der Waals surface area contributed by atoms with Gasteiger partial charge in [0, 0.05) is 38.1 Å². The Bertz CT molecular complexity index is 582. The quantitative estimate of drug-likeness (QED) is 0.830. The van der Waals surface area contributed by atoms with Crippen LogP contribution in [-0.4, -0.2) is 27.5 Å². The van der Waals surface area contributed by atoms with E-state index in [9.17, 15) is 4.39 Å². The maximum absolute atomic E-state index is 13.4. The second-order valence-electron chi connectivity index (χ2n) is 5.57. The zero-order chi connectivity index (χ0) is 14.7. The van der Waals surface area contributed by atoms with Crippen LogP contribution in [0.5, 0.6) is 0 Å². The molecule has 1 atom stereocenters. The van der Waals surface area contributed by atoms with Gasteiger partial charge in [0.15, 0.2) is 0 Å². The summed E-state index contributed by atoms with van der Waals surface area (Å²) < 4.78 is 15.5. The molecule has 0 saturated heterocycles. The number of benzene rings is 1. The Morgan fingerprint density at radius 3 is 2.90 bits per heavy atom. The largest absolute Gasteiger partial charge is 0.337 e. The van der Waals surface area contributed by atoms with E-state index in [2.05, 4.69) is 14.5 Å². The van der Waals surface area contributed by atoms with Gasteiger partial charge < -0.3 is 10.3 Å². The molecule has 1 aromatic carbocycles. The van der Waals surface area contributed by atoms with E-state index in [1.54, 1.807) is 12.3 Å². The number of nitrogens with two attached hydrogens (primary N) is 1. The molecular formula is C16H21FN4. The number of imidazole rings is 1. The van der Waals surface area contributed by atoms with Crippen molar-refractivity contribution < 1.29 is 4.39 Å². The highest BCUT2D eigenvalue weighted by molar-refractivity contribution is 5.34. The van der Waals surface area contributed by atoms with Crippen molar-refractivity contribution in [1.82, 2.24) is 14.5 Å². The monoisotopic (exact) mass is 288 g/mol. The molecule has 2 N–H and O–H groups in total. The van der Waals surface area contributed by atoms with E-state index in [1.165, 1.54) is 11.6 Å². The molecule has 0 aliphatic carbocycles. The minimum absolute atomic E-state index is 0.156. The summed E-state index contributed by atoms with van der Waals surface area (Å²) in [6, 6.07) is 5.22. The molecule has 0 fully saturated rings. The van der Waals surface area contributed by atoms with Crippen molar-refractivity contribution in [1.29, 1.82) is 0 Å². The van der Waals surface area contributed by atoms with Gasteiger partial charge in [0.2, 0.25) is 0 Å². The summed E-state index contributed by atoms with van der Waals surface area (Å²) in [4.78, 5) is 6.40. The van der Waals surface area contributed by atoms with Gasteiger partial charge in [-0.2, -0.15) is 0 Å². The summed E-state index contributed by atoms with van der Waals surface area (Å²) in [6.45, 7) is 3.40. The van der Waals surface area contributed by atoms with Crippen molar-refractivity contribution >= 4 is 0 Å². The molecule has 0 radical (unpaired) electrons. The second kappa shape index (κ2) is 6.37. The average Bonchev–Trinajstić information content (AvgIpc) is 3.10. The molecule has 2 aromatic rings. The molecule has 1 unspecified atom stereocenters. The zero-order valence-corrected chi connectivity index (χ0v) is 12.1. The summed E-state index contributed by atoms with van der Waals surface area (Å²) in [5.74, 6) is -0.172. The molecule has 1 aliphatic rings. The molecule has 0 bridgehead atoms. The molecule has 2 heterocycles. The fraction of sp³-hybridized carbons (Fsp3) is 0.438. The highest BCUT2D eigenvalue weighted by Crippen LogP contribution is 2.33. The number of unbranched alkanes of at least 4 members (excludes halogenated alkanes) is 1. The van der Waals surface area contributed by atoms with Crippen molar-refractivity contribution in [3.8, 4) is 0 Å². The molecule has 5 heteroatoms. The van der Waals surface area contributed by atoms with Crippen LogP contribution in [0.3, 0.4) is 0 Å². The molecule has 4 nitrogen and oxygen atoms in total. The molecule has 3 rings (SSSR count). The minimum Gasteiger partial charge on any atom is -0.337 e. The van der Waals surface area contributed by atoms with Crippen LogP contribution in [-0.2, 0) is 13.1 Å². The fourth-order valence-electron chi connectivity index (χ4n) is 3.08. The number of halogens is 1.